The predicted molar refractivity (Wildman–Crippen MR) is 61.9 cm³/mol. The highest BCUT2D eigenvalue weighted by atomic mass is 16.5. The Morgan fingerprint density at radius 3 is 2.60 bits per heavy atom. The van der Waals surface area contributed by atoms with Gasteiger partial charge < -0.3 is 4.74 Å². The van der Waals surface area contributed by atoms with Gasteiger partial charge in [-0.1, -0.05) is 39.0 Å². The molecular formula is C13H24O2. The first-order valence-electron chi connectivity index (χ1n) is 6.25. The minimum Gasteiger partial charge on any atom is -0.385 e. The number of rotatable bonds is 6. The average Bonchev–Trinajstić information content (AvgIpc) is 2.27. The van der Waals surface area contributed by atoms with E-state index >= 15 is 0 Å². The zero-order valence-electron chi connectivity index (χ0n) is 10.1. The maximum Gasteiger partial charge on any atom is 0.136 e. The maximum absolute atomic E-state index is 11.9. The van der Waals surface area contributed by atoms with Gasteiger partial charge in [0.05, 0.1) is 0 Å². The van der Waals surface area contributed by atoms with Gasteiger partial charge >= 0.3 is 0 Å². The first kappa shape index (κ1) is 12.7. The van der Waals surface area contributed by atoms with E-state index in [-0.39, 0.29) is 5.92 Å². The Morgan fingerprint density at radius 1 is 1.33 bits per heavy atom. The van der Waals surface area contributed by atoms with Gasteiger partial charge in [0.2, 0.25) is 0 Å². The minimum absolute atomic E-state index is 0.187. The van der Waals surface area contributed by atoms with E-state index in [0.717, 1.165) is 12.8 Å². The normalized spacial score (nSPS) is 20.1. The summed E-state index contributed by atoms with van der Waals surface area (Å²) in [7, 11) is 1.69. The molecule has 2 nitrogen and oxygen atoms in total. The van der Waals surface area contributed by atoms with Crippen molar-refractivity contribution in [3.05, 3.63) is 0 Å². The van der Waals surface area contributed by atoms with E-state index in [1.54, 1.807) is 7.11 Å². The molecule has 0 saturated heterocycles. The average molecular weight is 212 g/mol. The van der Waals surface area contributed by atoms with Gasteiger partial charge in [-0.3, -0.25) is 4.79 Å². The molecule has 1 rings (SSSR count). The van der Waals surface area contributed by atoms with Gasteiger partial charge in [0, 0.05) is 26.1 Å². The summed E-state index contributed by atoms with van der Waals surface area (Å²) in [4.78, 5) is 11.9. The molecule has 0 aromatic rings. The van der Waals surface area contributed by atoms with Crippen LogP contribution in [0.15, 0.2) is 0 Å². The summed E-state index contributed by atoms with van der Waals surface area (Å²) >= 11 is 0. The van der Waals surface area contributed by atoms with Gasteiger partial charge in [-0.05, 0) is 12.3 Å². The second-order valence-corrected chi connectivity index (χ2v) is 4.86. The van der Waals surface area contributed by atoms with Crippen LogP contribution in [0.3, 0.4) is 0 Å². The highest BCUT2D eigenvalue weighted by Gasteiger charge is 2.20. The summed E-state index contributed by atoms with van der Waals surface area (Å²) in [6.07, 6.45) is 8.23. The lowest BCUT2D eigenvalue weighted by Gasteiger charge is -2.22. The van der Waals surface area contributed by atoms with Crippen LogP contribution in [0.1, 0.15) is 51.9 Å². The molecule has 2 heteroatoms. The Hall–Kier alpha value is -0.370. The summed E-state index contributed by atoms with van der Waals surface area (Å²) in [6, 6.07) is 0. The molecule has 1 saturated carbocycles. The van der Waals surface area contributed by atoms with Crippen LogP contribution in [0.25, 0.3) is 0 Å². The third-order valence-electron chi connectivity index (χ3n) is 3.52. The van der Waals surface area contributed by atoms with Gasteiger partial charge in [0.25, 0.3) is 0 Å². The standard InChI is InChI=1S/C13H24O2/c1-11(8-9-15-2)13(14)10-12-6-4-3-5-7-12/h11-12H,3-10H2,1-2H3. The number of ether oxygens (including phenoxy) is 1. The van der Waals surface area contributed by atoms with E-state index in [9.17, 15) is 4.79 Å². The van der Waals surface area contributed by atoms with Crippen molar-refractivity contribution in [3.63, 3.8) is 0 Å². The smallest absolute Gasteiger partial charge is 0.136 e. The summed E-state index contributed by atoms with van der Waals surface area (Å²) in [5.74, 6) is 1.31. The molecule has 0 spiro atoms. The number of Topliss-reactive ketones (excluding diaryl/α,β-unsaturated/α-hetero) is 1. The fourth-order valence-electron chi connectivity index (χ4n) is 2.33. The molecule has 1 unspecified atom stereocenters. The molecule has 1 atom stereocenters. The fraction of sp³-hybridized carbons (Fsp3) is 0.923. The van der Waals surface area contributed by atoms with Crippen LogP contribution in [0.5, 0.6) is 0 Å². The van der Waals surface area contributed by atoms with Crippen molar-refractivity contribution >= 4 is 5.78 Å². The van der Waals surface area contributed by atoms with E-state index in [1.807, 2.05) is 6.92 Å². The molecular weight excluding hydrogens is 188 g/mol. The Bertz CT molecular complexity index is 183. The molecule has 0 bridgehead atoms. The monoisotopic (exact) mass is 212 g/mol. The Morgan fingerprint density at radius 2 is 2.00 bits per heavy atom. The van der Waals surface area contributed by atoms with E-state index in [1.165, 1.54) is 32.1 Å². The van der Waals surface area contributed by atoms with Crippen LogP contribution in [0, 0.1) is 11.8 Å². The Labute approximate surface area is 93.4 Å². The summed E-state index contributed by atoms with van der Waals surface area (Å²) in [5, 5.41) is 0. The molecule has 0 N–H and O–H groups in total. The quantitative estimate of drug-likeness (QED) is 0.676. The zero-order valence-corrected chi connectivity index (χ0v) is 10.1. The Balaban J connectivity index is 2.20. The van der Waals surface area contributed by atoms with E-state index < -0.39 is 0 Å². The van der Waals surface area contributed by atoms with Crippen LogP contribution in [-0.4, -0.2) is 19.5 Å². The van der Waals surface area contributed by atoms with Gasteiger partial charge in [-0.25, -0.2) is 0 Å². The lowest BCUT2D eigenvalue weighted by atomic mass is 9.83. The van der Waals surface area contributed by atoms with Crippen molar-refractivity contribution in [1.29, 1.82) is 0 Å². The van der Waals surface area contributed by atoms with Gasteiger partial charge in [0.1, 0.15) is 5.78 Å². The van der Waals surface area contributed by atoms with Crippen LogP contribution >= 0.6 is 0 Å². The molecule has 88 valence electrons. The van der Waals surface area contributed by atoms with Crippen molar-refractivity contribution < 1.29 is 9.53 Å². The van der Waals surface area contributed by atoms with Crippen LogP contribution in [0.4, 0.5) is 0 Å². The Kier molecular flexibility index (Phi) is 5.92. The lowest BCUT2D eigenvalue weighted by molar-refractivity contribution is -0.124. The molecule has 15 heavy (non-hydrogen) atoms. The fourth-order valence-corrected chi connectivity index (χ4v) is 2.33. The van der Waals surface area contributed by atoms with Gasteiger partial charge in [-0.2, -0.15) is 0 Å². The summed E-state index contributed by atoms with van der Waals surface area (Å²) < 4.78 is 5.00. The molecule has 1 aliphatic carbocycles. The minimum atomic E-state index is 0.187. The third kappa shape index (κ3) is 4.78. The molecule has 0 aliphatic heterocycles. The van der Waals surface area contributed by atoms with Crippen molar-refractivity contribution in [2.24, 2.45) is 11.8 Å². The van der Waals surface area contributed by atoms with E-state index in [0.29, 0.717) is 18.3 Å². The molecule has 0 amide bonds. The molecule has 1 aliphatic rings. The highest BCUT2D eigenvalue weighted by molar-refractivity contribution is 5.80. The number of methoxy groups -OCH3 is 1. The topological polar surface area (TPSA) is 26.3 Å². The zero-order chi connectivity index (χ0) is 11.1. The molecule has 0 aromatic heterocycles. The second kappa shape index (κ2) is 7.00. The van der Waals surface area contributed by atoms with Crippen molar-refractivity contribution in [1.82, 2.24) is 0 Å². The van der Waals surface area contributed by atoms with Crippen molar-refractivity contribution in [3.8, 4) is 0 Å². The SMILES string of the molecule is COCCC(C)C(=O)CC1CCCCC1. The van der Waals surface area contributed by atoms with Crippen LogP contribution < -0.4 is 0 Å². The number of carbonyl (C=O) groups is 1. The summed E-state index contributed by atoms with van der Waals surface area (Å²) in [5.41, 5.74) is 0. The van der Waals surface area contributed by atoms with Crippen molar-refractivity contribution in [2.75, 3.05) is 13.7 Å². The van der Waals surface area contributed by atoms with E-state index in [2.05, 4.69) is 0 Å². The molecule has 0 heterocycles. The first-order chi connectivity index (χ1) is 7.24. The third-order valence-corrected chi connectivity index (χ3v) is 3.52. The van der Waals surface area contributed by atoms with Crippen LogP contribution in [0.2, 0.25) is 0 Å². The largest absolute Gasteiger partial charge is 0.385 e. The van der Waals surface area contributed by atoms with Crippen LogP contribution in [-0.2, 0) is 9.53 Å². The molecule has 0 radical (unpaired) electrons. The van der Waals surface area contributed by atoms with Gasteiger partial charge in [-0.15, -0.1) is 0 Å². The molecule has 0 aromatic carbocycles. The van der Waals surface area contributed by atoms with Gasteiger partial charge in [0.15, 0.2) is 0 Å². The lowest BCUT2D eigenvalue weighted by Crippen LogP contribution is -2.18. The maximum atomic E-state index is 11.9. The predicted octanol–water partition coefficient (Wildman–Crippen LogP) is 3.20. The van der Waals surface area contributed by atoms with E-state index in [4.69, 9.17) is 4.74 Å². The summed E-state index contributed by atoms with van der Waals surface area (Å²) in [6.45, 7) is 2.74. The first-order valence-corrected chi connectivity index (χ1v) is 6.25. The number of hydrogen-bond acceptors (Lipinski definition) is 2. The number of carbonyl (C=O) groups excluding carboxylic acids is 1. The second-order valence-electron chi connectivity index (χ2n) is 4.86. The number of ketones is 1. The molecule has 1 fully saturated rings. The highest BCUT2D eigenvalue weighted by Crippen LogP contribution is 2.27. The van der Waals surface area contributed by atoms with Crippen molar-refractivity contribution in [2.45, 2.75) is 51.9 Å². The number of hydrogen-bond donors (Lipinski definition) is 0.